The molecule has 73 heavy (non-hydrogen) atoms. The molecule has 0 saturated carbocycles. The summed E-state index contributed by atoms with van der Waals surface area (Å²) in [5, 5.41) is 13.0. The SMILES string of the molecule is [2H]c1c([2H])c([2H])c(-c2cc(C(C)(C)C)cc(-c3c([2H])c([2H])c([2H])c([2H])c3[2H])c2-n2c(-c3cc(C(C)(C)C)cc(C(C)(C)C)c3O)nc3c(-c4cc(-c5cc(-c6ccc(C([2H])([2H])C(C)(C)C)cc6)ccn5)cc(C(C)(C)C)c4)cccc32)c([2H])c1[2H]. The van der Waals surface area contributed by atoms with Gasteiger partial charge in [0.1, 0.15) is 11.6 Å². The number of fused-ring (bicyclic) bond motifs is 1. The average molecular weight is 974 g/mol. The molecule has 0 aliphatic heterocycles. The minimum Gasteiger partial charge on any atom is -0.507 e. The van der Waals surface area contributed by atoms with Crippen LogP contribution in [0.3, 0.4) is 0 Å². The van der Waals surface area contributed by atoms with Gasteiger partial charge in [-0.05, 0) is 132 Å². The van der Waals surface area contributed by atoms with E-state index >= 15 is 0 Å². The fraction of sp³-hybridized carbons (Fsp3) is 0.304. The molecule has 0 unspecified atom stereocenters. The first-order chi connectivity index (χ1) is 39.2. The van der Waals surface area contributed by atoms with Crippen molar-refractivity contribution in [2.45, 2.75) is 132 Å². The van der Waals surface area contributed by atoms with E-state index in [1.54, 1.807) is 22.9 Å². The Morgan fingerprint density at radius 1 is 0.493 bits per heavy atom. The van der Waals surface area contributed by atoms with Crippen LogP contribution in [-0.4, -0.2) is 19.6 Å². The Bertz CT molecular complexity index is 4030. The number of phenolic OH excluding ortho intramolecular Hbond substituents is 1. The summed E-state index contributed by atoms with van der Waals surface area (Å²) in [4.78, 5) is 10.6. The second-order valence-electron chi connectivity index (χ2n) is 24.5. The highest BCUT2D eigenvalue weighted by Crippen LogP contribution is 2.48. The standard InChI is InChI=1S/C69H75N3O/c1-65(2,3)43-44-29-31-45(32-30-44)48-33-34-70-59(38-48)50-35-49(36-51(37-50)66(4,5)6)54-27-22-28-60-61(54)71-64(57-41-53(68(10,11)12)42-58(63(57)73)69(13,14)15)72(60)62-55(46-23-18-16-19-24-46)39-52(67(7,8)9)40-56(62)47-25-20-17-21-26-47/h16-42,73H,43H2,1-15H3/i16D,17D,18D,19D,20D,21D,23D,24D,25D,26D,43D2. The van der Waals surface area contributed by atoms with Crippen molar-refractivity contribution >= 4 is 11.0 Å². The van der Waals surface area contributed by atoms with Crippen LogP contribution in [-0.2, 0) is 28.0 Å². The normalized spacial score (nSPS) is 15.2. The predicted molar refractivity (Wildman–Crippen MR) is 311 cm³/mol. The van der Waals surface area contributed by atoms with Crippen LogP contribution in [0.2, 0.25) is 0 Å². The molecule has 372 valence electrons. The van der Waals surface area contributed by atoms with E-state index in [0.29, 0.717) is 44.5 Å². The molecular weight excluding hydrogens is 887 g/mol. The molecule has 0 atom stereocenters. The van der Waals surface area contributed by atoms with Crippen molar-refractivity contribution < 1.29 is 21.6 Å². The number of rotatable bonds is 8. The maximum Gasteiger partial charge on any atom is 0.149 e. The Kier molecular flexibility index (Phi) is 9.69. The van der Waals surface area contributed by atoms with Gasteiger partial charge in [0.05, 0.1) is 41.7 Å². The molecule has 0 aliphatic carbocycles. The van der Waals surface area contributed by atoms with E-state index in [9.17, 15) is 10.6 Å². The van der Waals surface area contributed by atoms with Crippen molar-refractivity contribution in [3.05, 3.63) is 192 Å². The molecule has 0 fully saturated rings. The first kappa shape index (κ1) is 37.7. The minimum absolute atomic E-state index is 0.0795. The van der Waals surface area contributed by atoms with E-state index in [0.717, 1.165) is 33.4 Å². The van der Waals surface area contributed by atoms with Crippen LogP contribution in [0.4, 0.5) is 0 Å². The van der Waals surface area contributed by atoms with E-state index in [1.807, 2.05) is 129 Å². The molecule has 0 spiro atoms. The maximum atomic E-state index is 13.0. The van der Waals surface area contributed by atoms with Crippen molar-refractivity contribution in [2.24, 2.45) is 5.41 Å². The second-order valence-corrected chi connectivity index (χ2v) is 24.5. The fourth-order valence-corrected chi connectivity index (χ4v) is 9.32. The van der Waals surface area contributed by atoms with Crippen molar-refractivity contribution in [3.63, 3.8) is 0 Å². The number of aromatic hydroxyl groups is 1. The molecule has 0 bridgehead atoms. The first-order valence-corrected chi connectivity index (χ1v) is 25.1. The Balaban J connectivity index is 1.47. The molecule has 4 nitrogen and oxygen atoms in total. The predicted octanol–water partition coefficient (Wildman–Crippen LogP) is 18.9. The number of pyridine rings is 1. The number of nitrogens with zero attached hydrogens (tertiary/aromatic N) is 3. The molecule has 2 aromatic heterocycles. The number of phenols is 1. The zero-order valence-corrected chi connectivity index (χ0v) is 45.1. The van der Waals surface area contributed by atoms with Crippen LogP contribution in [0, 0.1) is 5.41 Å². The lowest BCUT2D eigenvalue weighted by Crippen LogP contribution is -2.17. The molecular formula is C69H75N3O. The van der Waals surface area contributed by atoms with Gasteiger partial charge in [-0.25, -0.2) is 4.98 Å². The minimum atomic E-state index is -1.57. The molecule has 0 saturated heterocycles. The van der Waals surface area contributed by atoms with Crippen LogP contribution >= 0.6 is 0 Å². The van der Waals surface area contributed by atoms with E-state index in [4.69, 9.17) is 20.9 Å². The van der Waals surface area contributed by atoms with Gasteiger partial charge in [-0.15, -0.1) is 0 Å². The van der Waals surface area contributed by atoms with Gasteiger partial charge in [0.15, 0.2) is 0 Å². The molecule has 0 amide bonds. The second kappa shape index (κ2) is 18.8. The van der Waals surface area contributed by atoms with Crippen LogP contribution in [0.5, 0.6) is 5.75 Å². The Hall–Kier alpha value is -7.04. The number of hydrogen-bond acceptors (Lipinski definition) is 3. The van der Waals surface area contributed by atoms with Gasteiger partial charge < -0.3 is 5.11 Å². The van der Waals surface area contributed by atoms with Crippen molar-refractivity contribution in [1.29, 1.82) is 0 Å². The van der Waals surface area contributed by atoms with E-state index in [-0.39, 0.29) is 39.5 Å². The van der Waals surface area contributed by atoms with Gasteiger partial charge >= 0.3 is 0 Å². The van der Waals surface area contributed by atoms with Crippen molar-refractivity contribution in [2.75, 3.05) is 0 Å². The van der Waals surface area contributed by atoms with E-state index < -0.39 is 93.9 Å². The van der Waals surface area contributed by atoms with Crippen LogP contribution < -0.4 is 0 Å². The number of aromatic nitrogens is 3. The van der Waals surface area contributed by atoms with Gasteiger partial charge in [-0.1, -0.05) is 213 Å². The lowest BCUT2D eigenvalue weighted by atomic mass is 9.78. The number of hydrogen-bond donors (Lipinski definition) is 1. The summed E-state index contributed by atoms with van der Waals surface area (Å²) in [6.45, 7) is 30.1. The lowest BCUT2D eigenvalue weighted by molar-refractivity contribution is 0.411. The van der Waals surface area contributed by atoms with Crippen molar-refractivity contribution in [3.8, 4) is 78.6 Å². The van der Waals surface area contributed by atoms with Gasteiger partial charge in [0, 0.05) is 36.8 Å². The number of imidazole rings is 1. The van der Waals surface area contributed by atoms with Crippen molar-refractivity contribution in [1.82, 2.24) is 14.5 Å². The third-order valence-electron chi connectivity index (χ3n) is 13.4. The molecule has 2 heterocycles. The van der Waals surface area contributed by atoms with Gasteiger partial charge in [0.25, 0.3) is 0 Å². The van der Waals surface area contributed by atoms with Crippen LogP contribution in [0.15, 0.2) is 164 Å². The summed E-state index contributed by atoms with van der Waals surface area (Å²) in [6.07, 6.45) is 0.195. The number of para-hydroxylation sites is 1. The zero-order chi connectivity index (χ0) is 62.9. The molecule has 0 radical (unpaired) electrons. The van der Waals surface area contributed by atoms with E-state index in [1.165, 1.54) is 0 Å². The molecule has 1 N–H and O–H groups in total. The third-order valence-corrected chi connectivity index (χ3v) is 13.4. The topological polar surface area (TPSA) is 50.9 Å². The first-order valence-electron chi connectivity index (χ1n) is 31.1. The van der Waals surface area contributed by atoms with Crippen LogP contribution in [0.1, 0.15) is 148 Å². The third kappa shape index (κ3) is 10.6. The smallest absolute Gasteiger partial charge is 0.149 e. The lowest BCUT2D eigenvalue weighted by Gasteiger charge is -2.28. The zero-order valence-electron chi connectivity index (χ0n) is 57.1. The Morgan fingerprint density at radius 2 is 1.03 bits per heavy atom. The summed E-state index contributed by atoms with van der Waals surface area (Å²) in [5.74, 6) is 0.0922. The highest BCUT2D eigenvalue weighted by Gasteiger charge is 2.31. The highest BCUT2D eigenvalue weighted by molar-refractivity contribution is 6.00. The van der Waals surface area contributed by atoms with Gasteiger partial charge in [-0.3, -0.25) is 9.55 Å². The Labute approximate surface area is 453 Å². The largest absolute Gasteiger partial charge is 0.507 e. The quantitative estimate of drug-likeness (QED) is 0.165. The molecule has 4 heteroatoms. The summed E-state index contributed by atoms with van der Waals surface area (Å²) >= 11 is 0. The van der Waals surface area contributed by atoms with E-state index in [2.05, 4.69) is 59.7 Å². The van der Waals surface area contributed by atoms with Gasteiger partial charge in [0.2, 0.25) is 0 Å². The van der Waals surface area contributed by atoms with Gasteiger partial charge in [-0.2, -0.15) is 0 Å². The average Bonchev–Trinajstić information content (AvgIpc) is 1.92. The monoisotopic (exact) mass is 974 g/mol. The summed E-state index contributed by atoms with van der Waals surface area (Å²) < 4.78 is 111. The van der Waals surface area contributed by atoms with Crippen LogP contribution in [0.25, 0.3) is 83.9 Å². The summed E-state index contributed by atoms with van der Waals surface area (Å²) in [6, 6.07) is 25.2. The molecule has 9 rings (SSSR count). The molecule has 0 aliphatic rings. The Morgan fingerprint density at radius 3 is 1.58 bits per heavy atom. The summed E-state index contributed by atoms with van der Waals surface area (Å²) in [7, 11) is 0. The highest BCUT2D eigenvalue weighted by atomic mass is 16.3. The fourth-order valence-electron chi connectivity index (χ4n) is 9.32. The molecule has 7 aromatic carbocycles. The molecule has 9 aromatic rings. The number of benzene rings is 7. The maximum absolute atomic E-state index is 13.0. The summed E-state index contributed by atoms with van der Waals surface area (Å²) in [5.41, 5.74) is 6.55.